The van der Waals surface area contributed by atoms with Crippen LogP contribution in [0.4, 0.5) is 10.1 Å². The lowest BCUT2D eigenvalue weighted by Crippen LogP contribution is -2.49. The van der Waals surface area contributed by atoms with Gasteiger partial charge in [0.15, 0.2) is 0 Å². The molecule has 2 amide bonds. The van der Waals surface area contributed by atoms with E-state index in [1.807, 2.05) is 12.1 Å². The third kappa shape index (κ3) is 5.50. The number of aliphatic hydroxyl groups is 1. The van der Waals surface area contributed by atoms with Crippen molar-refractivity contribution in [1.29, 1.82) is 0 Å². The molecule has 1 aliphatic carbocycles. The summed E-state index contributed by atoms with van der Waals surface area (Å²) in [5.74, 6) is -1.27. The van der Waals surface area contributed by atoms with Crippen molar-refractivity contribution in [2.75, 3.05) is 11.9 Å². The van der Waals surface area contributed by atoms with Crippen molar-refractivity contribution in [3.63, 3.8) is 0 Å². The number of hydrogen-bond acceptors (Lipinski definition) is 4. The summed E-state index contributed by atoms with van der Waals surface area (Å²) in [6.45, 7) is 6.75. The molecule has 40 heavy (non-hydrogen) atoms. The van der Waals surface area contributed by atoms with Crippen molar-refractivity contribution >= 4 is 40.7 Å². The second-order valence-corrected chi connectivity index (χ2v) is 13.7. The summed E-state index contributed by atoms with van der Waals surface area (Å²) in [6.07, 6.45) is 4.78. The van der Waals surface area contributed by atoms with E-state index in [0.29, 0.717) is 35.2 Å². The molecule has 5 rings (SSSR count). The number of carbonyl (C=O) groups is 2. The van der Waals surface area contributed by atoms with Crippen molar-refractivity contribution < 1.29 is 19.1 Å². The number of halogens is 3. The van der Waals surface area contributed by atoms with Gasteiger partial charge in [0.05, 0.1) is 17.2 Å². The highest BCUT2D eigenvalue weighted by Crippen LogP contribution is 2.57. The van der Waals surface area contributed by atoms with E-state index in [4.69, 9.17) is 23.2 Å². The Kier molecular flexibility index (Phi) is 8.23. The predicted octanol–water partition coefficient (Wildman–Crippen LogP) is 5.94. The van der Waals surface area contributed by atoms with Gasteiger partial charge in [-0.1, -0.05) is 56.1 Å². The molecule has 216 valence electrons. The van der Waals surface area contributed by atoms with E-state index >= 15 is 4.39 Å². The summed E-state index contributed by atoms with van der Waals surface area (Å²) in [5.41, 5.74) is 0.232. The van der Waals surface area contributed by atoms with Gasteiger partial charge in [-0.3, -0.25) is 9.59 Å². The summed E-state index contributed by atoms with van der Waals surface area (Å²) >= 11 is 12.5. The molecule has 4 N–H and O–H groups in total. The first kappa shape index (κ1) is 29.3. The number of anilines is 1. The summed E-state index contributed by atoms with van der Waals surface area (Å²) in [5, 5.41) is 19.8. The number of amides is 2. The van der Waals surface area contributed by atoms with Crippen molar-refractivity contribution in [1.82, 2.24) is 10.6 Å². The van der Waals surface area contributed by atoms with Crippen LogP contribution in [0.1, 0.15) is 76.3 Å². The highest BCUT2D eigenvalue weighted by molar-refractivity contribution is 6.31. The SMILES string of the molecule is CC(C)(C)C[C@H]1N[C@@H](C(=O)NCCCC2CC[C@H](O)C2)[C@H](c2cccc(Cl)c2)[C@@]12C(=O)Nc1cc(Cl)c(F)cc12. The number of carbonyl (C=O) groups excluding carboxylic acids is 2. The lowest BCUT2D eigenvalue weighted by Gasteiger charge is -2.37. The lowest BCUT2D eigenvalue weighted by molar-refractivity contribution is -0.123. The first-order valence-corrected chi connectivity index (χ1v) is 14.9. The molecule has 1 spiro atoms. The lowest BCUT2D eigenvalue weighted by atomic mass is 9.62. The van der Waals surface area contributed by atoms with Gasteiger partial charge in [-0.25, -0.2) is 4.39 Å². The number of nitrogens with one attached hydrogen (secondary N) is 3. The van der Waals surface area contributed by atoms with Crippen LogP contribution in [0.5, 0.6) is 0 Å². The molecule has 1 saturated carbocycles. The fourth-order valence-corrected chi connectivity index (χ4v) is 7.52. The maximum atomic E-state index is 15.0. The van der Waals surface area contributed by atoms with E-state index in [0.717, 1.165) is 37.7 Å². The van der Waals surface area contributed by atoms with E-state index in [2.05, 4.69) is 36.7 Å². The minimum Gasteiger partial charge on any atom is -0.393 e. The van der Waals surface area contributed by atoms with Crippen LogP contribution in [-0.2, 0) is 15.0 Å². The largest absolute Gasteiger partial charge is 0.393 e. The molecule has 1 unspecified atom stereocenters. The van der Waals surface area contributed by atoms with Gasteiger partial charge in [-0.2, -0.15) is 0 Å². The van der Waals surface area contributed by atoms with Crippen LogP contribution < -0.4 is 16.0 Å². The molecular weight excluding hydrogens is 552 g/mol. The van der Waals surface area contributed by atoms with Crippen LogP contribution in [0.25, 0.3) is 0 Å². The quantitative estimate of drug-likeness (QED) is 0.301. The molecule has 2 aromatic carbocycles. The number of hydrogen-bond donors (Lipinski definition) is 4. The molecule has 9 heteroatoms. The summed E-state index contributed by atoms with van der Waals surface area (Å²) in [7, 11) is 0. The number of aliphatic hydroxyl groups excluding tert-OH is 1. The molecule has 2 aliphatic heterocycles. The zero-order chi connectivity index (χ0) is 28.8. The van der Waals surface area contributed by atoms with E-state index < -0.39 is 29.2 Å². The first-order chi connectivity index (χ1) is 18.9. The number of fused-ring (bicyclic) bond motifs is 2. The van der Waals surface area contributed by atoms with Gasteiger partial charge in [0.1, 0.15) is 11.2 Å². The summed E-state index contributed by atoms with van der Waals surface area (Å²) in [6, 6.07) is 8.81. The minimum absolute atomic E-state index is 0.0715. The topological polar surface area (TPSA) is 90.5 Å². The van der Waals surface area contributed by atoms with E-state index in [-0.39, 0.29) is 28.4 Å². The molecule has 0 bridgehead atoms. The normalized spacial score (nSPS) is 29.6. The molecule has 2 aromatic rings. The Morgan fingerprint density at radius 1 is 1.20 bits per heavy atom. The predicted molar refractivity (Wildman–Crippen MR) is 156 cm³/mol. The van der Waals surface area contributed by atoms with Crippen molar-refractivity contribution in [3.8, 4) is 0 Å². The van der Waals surface area contributed by atoms with E-state index in [1.165, 1.54) is 12.1 Å². The Balaban J connectivity index is 1.53. The van der Waals surface area contributed by atoms with Crippen molar-refractivity contribution in [2.24, 2.45) is 11.3 Å². The zero-order valence-electron chi connectivity index (χ0n) is 23.2. The average molecular weight is 591 g/mol. The Hall–Kier alpha value is -2.19. The van der Waals surface area contributed by atoms with Crippen molar-refractivity contribution in [2.45, 2.75) is 88.8 Å². The highest BCUT2D eigenvalue weighted by atomic mass is 35.5. The van der Waals surface area contributed by atoms with Gasteiger partial charge in [0.25, 0.3) is 0 Å². The van der Waals surface area contributed by atoms with Crippen LogP contribution in [0.3, 0.4) is 0 Å². The highest BCUT2D eigenvalue weighted by Gasteiger charge is 2.65. The maximum absolute atomic E-state index is 15.0. The van der Waals surface area contributed by atoms with Crippen molar-refractivity contribution in [3.05, 3.63) is 63.4 Å². The minimum atomic E-state index is -1.26. The zero-order valence-corrected chi connectivity index (χ0v) is 24.7. The summed E-state index contributed by atoms with van der Waals surface area (Å²) < 4.78 is 15.0. The van der Waals surface area contributed by atoms with Gasteiger partial charge < -0.3 is 21.1 Å². The molecule has 3 aliphatic rings. The molecule has 6 atom stereocenters. The Morgan fingerprint density at radius 2 is 1.98 bits per heavy atom. The van der Waals surface area contributed by atoms with Gasteiger partial charge in [-0.15, -0.1) is 0 Å². The molecule has 1 saturated heterocycles. The maximum Gasteiger partial charge on any atom is 0.237 e. The van der Waals surface area contributed by atoms with Crippen LogP contribution in [0.15, 0.2) is 36.4 Å². The smallest absolute Gasteiger partial charge is 0.237 e. The Morgan fingerprint density at radius 3 is 2.65 bits per heavy atom. The standard InChI is InChI=1S/C31H38Cl2FN3O3/c1-30(2,3)16-25-31(21-14-23(34)22(33)15-24(21)36-29(31)40)26(18-7-4-8-19(32)13-18)27(37-25)28(39)35-11-5-6-17-9-10-20(38)12-17/h4,7-8,13-15,17,20,25-27,37-38H,5-6,9-12,16H2,1-3H3,(H,35,39)(H,36,40)/t17?,20-,25+,26-,27+,31-/m0/s1. The van der Waals surface area contributed by atoms with Crippen LogP contribution in [0.2, 0.25) is 10.0 Å². The average Bonchev–Trinajstić information content (AvgIpc) is 3.51. The molecule has 6 nitrogen and oxygen atoms in total. The third-order valence-electron chi connectivity index (χ3n) is 8.79. The van der Waals surface area contributed by atoms with Gasteiger partial charge in [-0.05, 0) is 85.3 Å². The Labute approximate surface area is 245 Å². The monoisotopic (exact) mass is 589 g/mol. The fraction of sp³-hybridized carbons (Fsp3) is 0.548. The summed E-state index contributed by atoms with van der Waals surface area (Å²) in [4.78, 5) is 28.0. The number of benzene rings is 2. The number of rotatable bonds is 7. The van der Waals surface area contributed by atoms with Gasteiger partial charge in [0, 0.05) is 29.2 Å². The van der Waals surface area contributed by atoms with Crippen LogP contribution in [-0.4, -0.2) is 41.7 Å². The molecule has 0 aromatic heterocycles. The van der Waals surface area contributed by atoms with Crippen LogP contribution >= 0.6 is 23.2 Å². The molecule has 2 heterocycles. The molecule has 2 fully saturated rings. The second-order valence-electron chi connectivity index (χ2n) is 12.9. The molecular formula is C31H38Cl2FN3O3. The second kappa shape index (κ2) is 11.2. The van der Waals surface area contributed by atoms with E-state index in [9.17, 15) is 14.7 Å². The Bertz CT molecular complexity index is 1300. The molecule has 0 radical (unpaired) electrons. The van der Waals surface area contributed by atoms with Gasteiger partial charge in [0.2, 0.25) is 11.8 Å². The van der Waals surface area contributed by atoms with E-state index in [1.54, 1.807) is 12.1 Å². The third-order valence-corrected chi connectivity index (χ3v) is 9.32. The first-order valence-electron chi connectivity index (χ1n) is 14.2. The fourth-order valence-electron chi connectivity index (χ4n) is 7.16. The van der Waals surface area contributed by atoms with Crippen LogP contribution in [0, 0.1) is 17.2 Å². The van der Waals surface area contributed by atoms with Gasteiger partial charge >= 0.3 is 0 Å².